The third-order valence-corrected chi connectivity index (χ3v) is 5.90. The molecule has 2 amide bonds. The first kappa shape index (κ1) is 21.5. The first-order chi connectivity index (χ1) is 15.4. The Balaban J connectivity index is 1.62. The third kappa shape index (κ3) is 3.95. The lowest BCUT2D eigenvalue weighted by atomic mass is 9.92. The Labute approximate surface area is 186 Å². The van der Waals surface area contributed by atoms with Gasteiger partial charge in [-0.3, -0.25) is 9.59 Å². The van der Waals surface area contributed by atoms with Gasteiger partial charge in [0.1, 0.15) is 23.7 Å². The Morgan fingerprint density at radius 1 is 1.00 bits per heavy atom. The molecule has 0 atom stereocenters. The van der Waals surface area contributed by atoms with Gasteiger partial charge in [-0.2, -0.15) is 0 Å². The molecule has 0 spiro atoms. The predicted molar refractivity (Wildman–Crippen MR) is 117 cm³/mol. The van der Waals surface area contributed by atoms with Crippen LogP contribution in [0.3, 0.4) is 0 Å². The molecule has 2 aromatic rings. The molecule has 0 radical (unpaired) electrons. The fourth-order valence-electron chi connectivity index (χ4n) is 4.28. The van der Waals surface area contributed by atoms with E-state index in [9.17, 15) is 19.8 Å². The van der Waals surface area contributed by atoms with E-state index in [4.69, 9.17) is 9.47 Å². The number of piperazine rings is 1. The number of benzene rings is 2. The van der Waals surface area contributed by atoms with E-state index in [-0.39, 0.29) is 29.9 Å². The Bertz CT molecular complexity index is 1090. The maximum absolute atomic E-state index is 13.4. The molecule has 8 nitrogen and oxygen atoms in total. The topological polar surface area (TPSA) is 99.5 Å². The van der Waals surface area contributed by atoms with Gasteiger partial charge < -0.3 is 29.5 Å². The summed E-state index contributed by atoms with van der Waals surface area (Å²) in [6.07, 6.45) is 1.75. The van der Waals surface area contributed by atoms with Gasteiger partial charge in [0.15, 0.2) is 11.5 Å². The van der Waals surface area contributed by atoms with Crippen molar-refractivity contribution in [2.45, 2.75) is 19.3 Å². The van der Waals surface area contributed by atoms with Crippen LogP contribution in [-0.2, 0) is 16.0 Å². The Hall–Kier alpha value is -3.68. The van der Waals surface area contributed by atoms with Crippen LogP contribution in [0.5, 0.6) is 23.0 Å². The van der Waals surface area contributed by atoms with Crippen LogP contribution in [0, 0.1) is 0 Å². The van der Waals surface area contributed by atoms with Crippen LogP contribution in [0.1, 0.15) is 24.0 Å². The molecule has 2 heterocycles. The molecular formula is C24H26N2O6. The molecule has 32 heavy (non-hydrogen) atoms. The normalized spacial score (nSPS) is 16.3. The van der Waals surface area contributed by atoms with Gasteiger partial charge in [0, 0.05) is 18.7 Å². The van der Waals surface area contributed by atoms with E-state index in [2.05, 4.69) is 0 Å². The summed E-state index contributed by atoms with van der Waals surface area (Å²) in [5.74, 6) is 0.789. The summed E-state index contributed by atoms with van der Waals surface area (Å²) >= 11 is 0. The van der Waals surface area contributed by atoms with E-state index in [1.807, 2.05) is 18.2 Å². The van der Waals surface area contributed by atoms with Gasteiger partial charge in [0.05, 0.1) is 14.2 Å². The monoisotopic (exact) mass is 438 g/mol. The number of nitrogens with zero attached hydrogens (tertiary/aromatic N) is 2. The maximum atomic E-state index is 13.4. The minimum Gasteiger partial charge on any atom is -0.508 e. The van der Waals surface area contributed by atoms with Crippen molar-refractivity contribution in [3.05, 3.63) is 53.2 Å². The van der Waals surface area contributed by atoms with Crippen molar-refractivity contribution in [3.8, 4) is 23.0 Å². The van der Waals surface area contributed by atoms with Gasteiger partial charge in [0.25, 0.3) is 5.91 Å². The highest BCUT2D eigenvalue weighted by molar-refractivity contribution is 6.09. The van der Waals surface area contributed by atoms with Crippen LogP contribution in [0.4, 0.5) is 0 Å². The Kier molecular flexibility index (Phi) is 5.94. The summed E-state index contributed by atoms with van der Waals surface area (Å²) in [6, 6.07) is 9.78. The van der Waals surface area contributed by atoms with Crippen molar-refractivity contribution >= 4 is 17.4 Å². The fraction of sp³-hybridized carbons (Fsp3) is 0.333. The van der Waals surface area contributed by atoms with Gasteiger partial charge >= 0.3 is 0 Å². The number of aromatic hydroxyl groups is 2. The fourth-order valence-corrected chi connectivity index (χ4v) is 4.28. The molecule has 0 aliphatic carbocycles. The molecular weight excluding hydrogens is 412 g/mol. The third-order valence-electron chi connectivity index (χ3n) is 5.90. The van der Waals surface area contributed by atoms with Crippen LogP contribution in [0.15, 0.2) is 42.1 Å². The standard InChI is InChI=1S/C24H26N2O6/c1-31-20-8-5-15(12-21(20)32-2)9-11-25-14-22(29)26-10-3-4-17(23(26)24(25)30)18-13-16(27)6-7-19(18)28/h5-8,12-13,27-28H,3-4,9-11,14H2,1-2H3. The first-order valence-corrected chi connectivity index (χ1v) is 10.5. The predicted octanol–water partition coefficient (Wildman–Crippen LogP) is 2.53. The number of hydrogen-bond acceptors (Lipinski definition) is 6. The number of allylic oxidation sites excluding steroid dienone is 1. The number of hydrogen-bond donors (Lipinski definition) is 2. The highest BCUT2D eigenvalue weighted by Crippen LogP contribution is 2.39. The van der Waals surface area contributed by atoms with Crippen LogP contribution >= 0.6 is 0 Å². The second-order valence-electron chi connectivity index (χ2n) is 7.84. The minimum absolute atomic E-state index is 0.00885. The zero-order valence-corrected chi connectivity index (χ0v) is 18.1. The molecule has 4 rings (SSSR count). The molecule has 168 valence electrons. The number of phenolic OH excluding ortho intramolecular Hbond substituents is 2. The smallest absolute Gasteiger partial charge is 0.271 e. The number of amides is 2. The van der Waals surface area contributed by atoms with Crippen molar-refractivity contribution in [2.75, 3.05) is 33.9 Å². The van der Waals surface area contributed by atoms with E-state index < -0.39 is 0 Å². The largest absolute Gasteiger partial charge is 0.508 e. The lowest BCUT2D eigenvalue weighted by Gasteiger charge is -2.39. The van der Waals surface area contributed by atoms with Crippen LogP contribution in [0.2, 0.25) is 0 Å². The summed E-state index contributed by atoms with van der Waals surface area (Å²) in [5, 5.41) is 20.2. The summed E-state index contributed by atoms with van der Waals surface area (Å²) < 4.78 is 10.6. The highest BCUT2D eigenvalue weighted by atomic mass is 16.5. The summed E-state index contributed by atoms with van der Waals surface area (Å²) in [7, 11) is 3.14. The average molecular weight is 438 g/mol. The van der Waals surface area contributed by atoms with Crippen LogP contribution < -0.4 is 9.47 Å². The second-order valence-corrected chi connectivity index (χ2v) is 7.84. The molecule has 0 unspecified atom stereocenters. The molecule has 8 heteroatoms. The average Bonchev–Trinajstić information content (AvgIpc) is 2.81. The first-order valence-electron chi connectivity index (χ1n) is 10.5. The SMILES string of the molecule is COc1ccc(CCN2CC(=O)N3CCCC(c4cc(O)ccc4O)=C3C2=O)cc1OC. The molecule has 2 aliphatic rings. The van der Waals surface area contributed by atoms with E-state index in [0.717, 1.165) is 5.56 Å². The number of rotatable bonds is 6. The van der Waals surface area contributed by atoms with Gasteiger partial charge in [-0.05, 0) is 60.7 Å². The van der Waals surface area contributed by atoms with Crippen molar-refractivity contribution < 1.29 is 29.3 Å². The quantitative estimate of drug-likeness (QED) is 0.673. The zero-order valence-electron chi connectivity index (χ0n) is 18.1. The summed E-state index contributed by atoms with van der Waals surface area (Å²) in [4.78, 5) is 29.3. The van der Waals surface area contributed by atoms with Crippen molar-refractivity contribution in [1.29, 1.82) is 0 Å². The second kappa shape index (κ2) is 8.82. The van der Waals surface area contributed by atoms with Gasteiger partial charge in [-0.25, -0.2) is 0 Å². The van der Waals surface area contributed by atoms with Crippen molar-refractivity contribution in [3.63, 3.8) is 0 Å². The van der Waals surface area contributed by atoms with Crippen LogP contribution in [-0.4, -0.2) is 65.7 Å². The number of ether oxygens (including phenoxy) is 2. The molecule has 2 aliphatic heterocycles. The molecule has 2 N–H and O–H groups in total. The minimum atomic E-state index is -0.248. The number of fused-ring (bicyclic) bond motifs is 1. The highest BCUT2D eigenvalue weighted by Gasteiger charge is 2.39. The summed E-state index contributed by atoms with van der Waals surface area (Å²) in [6.45, 7) is 0.831. The maximum Gasteiger partial charge on any atom is 0.271 e. The van der Waals surface area contributed by atoms with E-state index in [0.29, 0.717) is 60.7 Å². The van der Waals surface area contributed by atoms with E-state index in [1.54, 1.807) is 14.2 Å². The lowest BCUT2D eigenvalue weighted by molar-refractivity contribution is -0.145. The lowest BCUT2D eigenvalue weighted by Crippen LogP contribution is -2.54. The Morgan fingerprint density at radius 3 is 2.53 bits per heavy atom. The van der Waals surface area contributed by atoms with Crippen molar-refractivity contribution in [2.24, 2.45) is 0 Å². The molecule has 0 aromatic heterocycles. The summed E-state index contributed by atoms with van der Waals surface area (Å²) in [5.41, 5.74) is 2.21. The molecule has 1 fully saturated rings. The molecule has 1 saturated heterocycles. The van der Waals surface area contributed by atoms with Crippen molar-refractivity contribution in [1.82, 2.24) is 9.80 Å². The molecule has 0 saturated carbocycles. The Morgan fingerprint density at radius 2 is 1.78 bits per heavy atom. The number of carbonyl (C=O) groups excluding carboxylic acids is 2. The van der Waals surface area contributed by atoms with E-state index in [1.165, 1.54) is 28.0 Å². The van der Waals surface area contributed by atoms with Gasteiger partial charge in [-0.15, -0.1) is 0 Å². The number of carbonyl (C=O) groups is 2. The number of methoxy groups -OCH3 is 2. The molecule has 2 aromatic carbocycles. The van der Waals surface area contributed by atoms with E-state index >= 15 is 0 Å². The van der Waals surface area contributed by atoms with Gasteiger partial charge in [-0.1, -0.05) is 6.07 Å². The number of phenols is 2. The van der Waals surface area contributed by atoms with Gasteiger partial charge in [0.2, 0.25) is 5.91 Å². The van der Waals surface area contributed by atoms with Crippen LogP contribution in [0.25, 0.3) is 5.57 Å². The zero-order chi connectivity index (χ0) is 22.8. The molecule has 0 bridgehead atoms.